The second-order valence-corrected chi connectivity index (χ2v) is 4.86. The van der Waals surface area contributed by atoms with Gasteiger partial charge >= 0.3 is 5.97 Å². The first-order valence-electron chi connectivity index (χ1n) is 6.64. The van der Waals surface area contributed by atoms with Gasteiger partial charge in [-0.15, -0.1) is 0 Å². The molecule has 0 aliphatic carbocycles. The molecule has 2 rings (SSSR count). The molecular weight excluding hydrogens is 256 g/mol. The van der Waals surface area contributed by atoms with Gasteiger partial charge < -0.3 is 15.3 Å². The third kappa shape index (κ3) is 3.60. The van der Waals surface area contributed by atoms with Gasteiger partial charge in [0.15, 0.2) is 0 Å². The number of carboxylic acid groups (broad SMARTS) is 1. The zero-order chi connectivity index (χ0) is 14.5. The molecule has 1 heterocycles. The Morgan fingerprint density at radius 1 is 1.20 bits per heavy atom. The van der Waals surface area contributed by atoms with E-state index in [-0.39, 0.29) is 5.57 Å². The molecule has 20 heavy (non-hydrogen) atoms. The Hall–Kier alpha value is -2.30. The van der Waals surface area contributed by atoms with Crippen LogP contribution in [0.4, 0.5) is 11.4 Å². The van der Waals surface area contributed by atoms with Gasteiger partial charge in [0.2, 0.25) is 0 Å². The molecule has 1 amide bonds. The summed E-state index contributed by atoms with van der Waals surface area (Å²) in [5.41, 5.74) is 1.98. The van der Waals surface area contributed by atoms with Gasteiger partial charge in [-0.3, -0.25) is 4.79 Å². The molecule has 1 saturated heterocycles. The van der Waals surface area contributed by atoms with E-state index in [1.807, 2.05) is 24.3 Å². The van der Waals surface area contributed by atoms with Crippen molar-refractivity contribution in [2.45, 2.75) is 19.8 Å². The van der Waals surface area contributed by atoms with E-state index < -0.39 is 11.9 Å². The van der Waals surface area contributed by atoms with E-state index >= 15 is 0 Å². The zero-order valence-electron chi connectivity index (χ0n) is 11.4. The van der Waals surface area contributed by atoms with Crippen LogP contribution in [0.25, 0.3) is 0 Å². The van der Waals surface area contributed by atoms with Crippen molar-refractivity contribution in [3.05, 3.63) is 35.9 Å². The van der Waals surface area contributed by atoms with Crippen molar-refractivity contribution in [1.29, 1.82) is 0 Å². The SMILES string of the molecule is C/C(=C\C(=O)O)C(=O)Nc1ccc(N2CCCC2)cc1. The molecule has 1 aliphatic heterocycles. The smallest absolute Gasteiger partial charge is 0.328 e. The van der Waals surface area contributed by atoms with Crippen molar-refractivity contribution in [3.63, 3.8) is 0 Å². The molecule has 5 heteroatoms. The van der Waals surface area contributed by atoms with Gasteiger partial charge in [0, 0.05) is 36.1 Å². The largest absolute Gasteiger partial charge is 0.478 e. The number of benzene rings is 1. The predicted octanol–water partition coefficient (Wildman–Crippen LogP) is 2.26. The van der Waals surface area contributed by atoms with Crippen LogP contribution in [-0.2, 0) is 9.59 Å². The second kappa shape index (κ2) is 6.23. The van der Waals surface area contributed by atoms with Crippen LogP contribution in [0.15, 0.2) is 35.9 Å². The molecule has 1 fully saturated rings. The summed E-state index contributed by atoms with van der Waals surface area (Å²) in [6, 6.07) is 7.60. The number of carboxylic acids is 1. The van der Waals surface area contributed by atoms with Crippen LogP contribution in [0.5, 0.6) is 0 Å². The van der Waals surface area contributed by atoms with E-state index in [1.54, 1.807) is 0 Å². The molecule has 0 atom stereocenters. The Morgan fingerprint density at radius 3 is 2.35 bits per heavy atom. The van der Waals surface area contributed by atoms with Crippen LogP contribution in [0.1, 0.15) is 19.8 Å². The number of aliphatic carboxylic acids is 1. The summed E-state index contributed by atoms with van der Waals surface area (Å²) in [7, 11) is 0. The zero-order valence-corrected chi connectivity index (χ0v) is 11.4. The molecule has 1 aromatic rings. The van der Waals surface area contributed by atoms with Gasteiger partial charge in [-0.25, -0.2) is 4.79 Å². The van der Waals surface area contributed by atoms with E-state index in [9.17, 15) is 9.59 Å². The highest BCUT2D eigenvalue weighted by atomic mass is 16.4. The Labute approximate surface area is 117 Å². The highest BCUT2D eigenvalue weighted by Crippen LogP contribution is 2.22. The van der Waals surface area contributed by atoms with E-state index in [0.29, 0.717) is 5.69 Å². The molecule has 0 aromatic heterocycles. The van der Waals surface area contributed by atoms with Gasteiger partial charge in [0.25, 0.3) is 5.91 Å². The van der Waals surface area contributed by atoms with Crippen LogP contribution in [0.2, 0.25) is 0 Å². The minimum atomic E-state index is -1.12. The third-order valence-electron chi connectivity index (χ3n) is 3.29. The van der Waals surface area contributed by atoms with Crippen LogP contribution in [0, 0.1) is 0 Å². The fraction of sp³-hybridized carbons (Fsp3) is 0.333. The maximum absolute atomic E-state index is 11.7. The lowest BCUT2D eigenvalue weighted by atomic mass is 10.2. The first kappa shape index (κ1) is 14.1. The molecule has 1 aliphatic rings. The monoisotopic (exact) mass is 274 g/mol. The number of carbonyl (C=O) groups is 2. The molecule has 0 unspecified atom stereocenters. The van der Waals surface area contributed by atoms with Crippen molar-refractivity contribution >= 4 is 23.3 Å². The minimum Gasteiger partial charge on any atom is -0.478 e. The quantitative estimate of drug-likeness (QED) is 0.826. The summed E-state index contributed by atoms with van der Waals surface area (Å²) < 4.78 is 0. The average Bonchev–Trinajstić information content (AvgIpc) is 2.92. The first-order chi connectivity index (χ1) is 9.56. The lowest BCUT2D eigenvalue weighted by Crippen LogP contribution is -2.17. The number of hydrogen-bond acceptors (Lipinski definition) is 3. The molecule has 1 aromatic carbocycles. The maximum Gasteiger partial charge on any atom is 0.328 e. The van der Waals surface area contributed by atoms with E-state index in [0.717, 1.165) is 24.9 Å². The van der Waals surface area contributed by atoms with Crippen molar-refractivity contribution in [3.8, 4) is 0 Å². The Bertz CT molecular complexity index is 529. The highest BCUT2D eigenvalue weighted by Gasteiger charge is 2.12. The summed E-state index contributed by atoms with van der Waals surface area (Å²) in [4.78, 5) is 24.5. The molecule has 5 nitrogen and oxygen atoms in total. The van der Waals surface area contributed by atoms with Crippen molar-refractivity contribution < 1.29 is 14.7 Å². The Balaban J connectivity index is 2.00. The minimum absolute atomic E-state index is 0.168. The van der Waals surface area contributed by atoms with Crippen LogP contribution in [-0.4, -0.2) is 30.1 Å². The van der Waals surface area contributed by atoms with E-state index in [2.05, 4.69) is 10.2 Å². The van der Waals surface area contributed by atoms with Gasteiger partial charge in [0.05, 0.1) is 0 Å². The Morgan fingerprint density at radius 2 is 1.80 bits per heavy atom. The summed E-state index contributed by atoms with van der Waals surface area (Å²) in [5, 5.41) is 11.3. The lowest BCUT2D eigenvalue weighted by Gasteiger charge is -2.17. The van der Waals surface area contributed by atoms with Gasteiger partial charge in [0.1, 0.15) is 0 Å². The first-order valence-corrected chi connectivity index (χ1v) is 6.64. The molecule has 106 valence electrons. The molecular formula is C15H18N2O3. The van der Waals surface area contributed by atoms with Crippen molar-refractivity contribution in [1.82, 2.24) is 0 Å². The van der Waals surface area contributed by atoms with Gasteiger partial charge in [-0.2, -0.15) is 0 Å². The Kier molecular flexibility index (Phi) is 4.40. The fourth-order valence-corrected chi connectivity index (χ4v) is 2.21. The third-order valence-corrected chi connectivity index (χ3v) is 3.29. The van der Waals surface area contributed by atoms with Gasteiger partial charge in [-0.1, -0.05) is 0 Å². The summed E-state index contributed by atoms with van der Waals surface area (Å²) in [5.74, 6) is -1.52. The van der Waals surface area contributed by atoms with E-state index in [4.69, 9.17) is 5.11 Å². The lowest BCUT2D eigenvalue weighted by molar-refractivity contribution is -0.131. The fourth-order valence-electron chi connectivity index (χ4n) is 2.21. The molecule has 0 spiro atoms. The second-order valence-electron chi connectivity index (χ2n) is 4.86. The predicted molar refractivity (Wildman–Crippen MR) is 77.9 cm³/mol. The number of amides is 1. The summed E-state index contributed by atoms with van der Waals surface area (Å²) >= 11 is 0. The van der Waals surface area contributed by atoms with Crippen molar-refractivity contribution in [2.75, 3.05) is 23.3 Å². The van der Waals surface area contributed by atoms with Crippen LogP contribution < -0.4 is 10.2 Å². The highest BCUT2D eigenvalue weighted by molar-refractivity contribution is 6.06. The number of rotatable bonds is 4. The van der Waals surface area contributed by atoms with Gasteiger partial charge in [-0.05, 0) is 44.0 Å². The normalized spacial score (nSPS) is 15.2. The molecule has 0 radical (unpaired) electrons. The molecule has 2 N–H and O–H groups in total. The number of anilines is 2. The maximum atomic E-state index is 11.7. The van der Waals surface area contributed by atoms with Crippen LogP contribution >= 0.6 is 0 Å². The molecule has 0 saturated carbocycles. The number of nitrogens with zero attached hydrogens (tertiary/aromatic N) is 1. The van der Waals surface area contributed by atoms with Crippen LogP contribution in [0.3, 0.4) is 0 Å². The summed E-state index contributed by atoms with van der Waals surface area (Å²) in [6.45, 7) is 3.63. The number of carbonyl (C=O) groups excluding carboxylic acids is 1. The average molecular weight is 274 g/mol. The van der Waals surface area contributed by atoms with Crippen molar-refractivity contribution in [2.24, 2.45) is 0 Å². The van der Waals surface area contributed by atoms with E-state index in [1.165, 1.54) is 19.8 Å². The number of nitrogens with one attached hydrogen (secondary N) is 1. The standard InChI is InChI=1S/C15H18N2O3/c1-11(10-14(18)19)15(20)16-12-4-6-13(7-5-12)17-8-2-3-9-17/h4-7,10H,2-3,8-9H2,1H3,(H,16,20)(H,18,19)/b11-10+. The topological polar surface area (TPSA) is 69.6 Å². The summed E-state index contributed by atoms with van der Waals surface area (Å²) in [6.07, 6.45) is 3.34. The molecule has 0 bridgehead atoms. The number of hydrogen-bond donors (Lipinski definition) is 2.